The summed E-state index contributed by atoms with van der Waals surface area (Å²) in [6.45, 7) is 3.23. The number of benzene rings is 1. The second-order valence-electron chi connectivity index (χ2n) is 4.02. The van der Waals surface area contributed by atoms with E-state index in [9.17, 15) is 4.79 Å². The Morgan fingerprint density at radius 3 is 2.24 bits per heavy atom. The van der Waals surface area contributed by atoms with Crippen LogP contribution in [-0.4, -0.2) is 43.9 Å². The lowest BCUT2D eigenvalue weighted by Crippen LogP contribution is -2.32. The van der Waals surface area contributed by atoms with Crippen LogP contribution < -0.4 is 4.90 Å². The fourth-order valence-electron chi connectivity index (χ4n) is 1.59. The average molecular weight is 255 g/mol. The van der Waals surface area contributed by atoms with Crippen molar-refractivity contribution in [2.24, 2.45) is 0 Å². The van der Waals surface area contributed by atoms with Gasteiger partial charge in [-0.3, -0.25) is 4.79 Å². The molecule has 4 heteroatoms. The van der Waals surface area contributed by atoms with E-state index >= 15 is 0 Å². The van der Waals surface area contributed by atoms with Gasteiger partial charge in [0.05, 0.1) is 0 Å². The molecule has 0 bridgehead atoms. The van der Waals surface area contributed by atoms with Gasteiger partial charge in [-0.2, -0.15) is 0 Å². The van der Waals surface area contributed by atoms with E-state index in [0.29, 0.717) is 24.5 Å². The van der Waals surface area contributed by atoms with E-state index in [0.717, 1.165) is 5.69 Å². The summed E-state index contributed by atoms with van der Waals surface area (Å²) in [7, 11) is 3.95. The maximum Gasteiger partial charge on any atom is 0.253 e. The van der Waals surface area contributed by atoms with Gasteiger partial charge in [-0.05, 0) is 31.2 Å². The van der Waals surface area contributed by atoms with Crippen molar-refractivity contribution in [1.82, 2.24) is 4.90 Å². The summed E-state index contributed by atoms with van der Waals surface area (Å²) in [5.74, 6) is 0.508. The van der Waals surface area contributed by atoms with Gasteiger partial charge < -0.3 is 9.80 Å². The number of amides is 1. The van der Waals surface area contributed by atoms with Crippen LogP contribution >= 0.6 is 11.6 Å². The summed E-state index contributed by atoms with van der Waals surface area (Å²) < 4.78 is 0. The molecule has 0 aliphatic carbocycles. The van der Waals surface area contributed by atoms with Gasteiger partial charge in [0, 0.05) is 44.3 Å². The van der Waals surface area contributed by atoms with E-state index in [2.05, 4.69) is 0 Å². The zero-order valence-electron chi connectivity index (χ0n) is 10.6. The Morgan fingerprint density at radius 2 is 1.82 bits per heavy atom. The molecule has 3 nitrogen and oxygen atoms in total. The van der Waals surface area contributed by atoms with E-state index in [4.69, 9.17) is 11.6 Å². The first-order chi connectivity index (χ1) is 8.10. The van der Waals surface area contributed by atoms with Gasteiger partial charge in [-0.25, -0.2) is 0 Å². The van der Waals surface area contributed by atoms with Crippen LogP contribution in [-0.2, 0) is 0 Å². The van der Waals surface area contributed by atoms with Gasteiger partial charge in [0.2, 0.25) is 0 Å². The Kier molecular flexibility index (Phi) is 5.29. The minimum atomic E-state index is 0.0402. The van der Waals surface area contributed by atoms with E-state index in [1.807, 2.05) is 50.2 Å². The van der Waals surface area contributed by atoms with Gasteiger partial charge in [0.15, 0.2) is 0 Å². The lowest BCUT2D eigenvalue weighted by Gasteiger charge is -2.20. The highest BCUT2D eigenvalue weighted by Crippen LogP contribution is 2.13. The highest BCUT2D eigenvalue weighted by molar-refractivity contribution is 6.18. The van der Waals surface area contributed by atoms with Crippen LogP contribution in [0.4, 0.5) is 5.69 Å². The summed E-state index contributed by atoms with van der Waals surface area (Å²) in [4.78, 5) is 15.9. The van der Waals surface area contributed by atoms with Gasteiger partial charge in [0.25, 0.3) is 5.91 Å². The number of nitrogens with zero attached hydrogens (tertiary/aromatic N) is 2. The van der Waals surface area contributed by atoms with Gasteiger partial charge >= 0.3 is 0 Å². The van der Waals surface area contributed by atoms with Crippen LogP contribution in [0.3, 0.4) is 0 Å². The number of hydrogen-bond acceptors (Lipinski definition) is 2. The van der Waals surface area contributed by atoms with E-state index in [-0.39, 0.29) is 5.91 Å². The summed E-state index contributed by atoms with van der Waals surface area (Å²) in [5, 5.41) is 0. The molecular weight excluding hydrogens is 236 g/mol. The first-order valence-corrected chi connectivity index (χ1v) is 6.26. The molecule has 17 heavy (non-hydrogen) atoms. The van der Waals surface area contributed by atoms with Crippen molar-refractivity contribution in [2.75, 3.05) is 38.0 Å². The highest BCUT2D eigenvalue weighted by Gasteiger charge is 2.13. The largest absolute Gasteiger partial charge is 0.378 e. The fourth-order valence-corrected chi connectivity index (χ4v) is 1.79. The third-order valence-corrected chi connectivity index (χ3v) is 2.82. The Morgan fingerprint density at radius 1 is 1.24 bits per heavy atom. The monoisotopic (exact) mass is 254 g/mol. The van der Waals surface area contributed by atoms with E-state index in [1.54, 1.807) is 4.90 Å². The van der Waals surface area contributed by atoms with Crippen LogP contribution in [0.25, 0.3) is 0 Å². The van der Waals surface area contributed by atoms with Gasteiger partial charge in [-0.15, -0.1) is 11.6 Å². The summed E-state index contributed by atoms with van der Waals surface area (Å²) in [6.07, 6.45) is 0. The normalized spacial score (nSPS) is 10.1. The third kappa shape index (κ3) is 3.63. The molecule has 0 fully saturated rings. The van der Waals surface area contributed by atoms with Gasteiger partial charge in [0.1, 0.15) is 0 Å². The van der Waals surface area contributed by atoms with Crippen molar-refractivity contribution < 1.29 is 4.79 Å². The topological polar surface area (TPSA) is 23.6 Å². The summed E-state index contributed by atoms with van der Waals surface area (Å²) in [6, 6.07) is 7.60. The average Bonchev–Trinajstić information content (AvgIpc) is 2.35. The molecule has 94 valence electrons. The number of hydrogen-bond donors (Lipinski definition) is 0. The number of alkyl halides is 1. The first kappa shape index (κ1) is 13.8. The Balaban J connectivity index is 2.81. The maximum atomic E-state index is 12.1. The van der Waals surface area contributed by atoms with Crippen LogP contribution in [0.5, 0.6) is 0 Å². The number of anilines is 1. The molecule has 0 aromatic heterocycles. The molecule has 0 atom stereocenters. The smallest absolute Gasteiger partial charge is 0.253 e. The maximum absolute atomic E-state index is 12.1. The zero-order valence-corrected chi connectivity index (χ0v) is 11.4. The lowest BCUT2D eigenvalue weighted by atomic mass is 10.1. The van der Waals surface area contributed by atoms with Crippen LogP contribution in [0.2, 0.25) is 0 Å². The molecular formula is C13H19ClN2O. The molecule has 0 aliphatic rings. The standard InChI is InChI=1S/C13H19ClN2O/c1-4-16(10-9-14)13(17)11-5-7-12(8-6-11)15(2)3/h5-8H,4,9-10H2,1-3H3. The predicted molar refractivity (Wildman–Crippen MR) is 73.1 cm³/mol. The molecule has 0 saturated heterocycles. The van der Waals surface area contributed by atoms with Crippen LogP contribution in [0.1, 0.15) is 17.3 Å². The second-order valence-corrected chi connectivity index (χ2v) is 4.39. The molecule has 0 heterocycles. The molecule has 1 aromatic carbocycles. The molecule has 0 spiro atoms. The van der Waals surface area contributed by atoms with Crippen LogP contribution in [0, 0.1) is 0 Å². The lowest BCUT2D eigenvalue weighted by molar-refractivity contribution is 0.0774. The Hall–Kier alpha value is -1.22. The molecule has 0 unspecified atom stereocenters. The molecule has 1 rings (SSSR count). The predicted octanol–water partition coefficient (Wildman–Crippen LogP) is 2.45. The van der Waals surface area contributed by atoms with E-state index in [1.165, 1.54) is 0 Å². The zero-order chi connectivity index (χ0) is 12.8. The molecule has 1 aromatic rings. The first-order valence-electron chi connectivity index (χ1n) is 5.72. The van der Waals surface area contributed by atoms with Crippen molar-refractivity contribution in [3.8, 4) is 0 Å². The minimum absolute atomic E-state index is 0.0402. The minimum Gasteiger partial charge on any atom is -0.378 e. The van der Waals surface area contributed by atoms with Crippen molar-refractivity contribution >= 4 is 23.2 Å². The highest BCUT2D eigenvalue weighted by atomic mass is 35.5. The van der Waals surface area contributed by atoms with Crippen molar-refractivity contribution in [3.63, 3.8) is 0 Å². The molecule has 1 amide bonds. The number of halogens is 1. The molecule has 0 aliphatic heterocycles. The summed E-state index contributed by atoms with van der Waals surface area (Å²) in [5.41, 5.74) is 1.80. The van der Waals surface area contributed by atoms with Crippen molar-refractivity contribution in [1.29, 1.82) is 0 Å². The Bertz CT molecular complexity index is 362. The molecule has 0 N–H and O–H groups in total. The number of carbonyl (C=O) groups is 1. The SMILES string of the molecule is CCN(CCCl)C(=O)c1ccc(N(C)C)cc1. The van der Waals surface area contributed by atoms with Crippen molar-refractivity contribution in [3.05, 3.63) is 29.8 Å². The van der Waals surface area contributed by atoms with Crippen LogP contribution in [0.15, 0.2) is 24.3 Å². The fraction of sp³-hybridized carbons (Fsp3) is 0.462. The third-order valence-electron chi connectivity index (χ3n) is 2.65. The molecule has 0 radical (unpaired) electrons. The van der Waals surface area contributed by atoms with Gasteiger partial charge in [-0.1, -0.05) is 0 Å². The second kappa shape index (κ2) is 6.50. The summed E-state index contributed by atoms with van der Waals surface area (Å²) >= 11 is 5.67. The quantitative estimate of drug-likeness (QED) is 0.754. The van der Waals surface area contributed by atoms with Crippen molar-refractivity contribution in [2.45, 2.75) is 6.92 Å². The van der Waals surface area contributed by atoms with E-state index < -0.39 is 0 Å². The Labute approximate surface area is 108 Å². The molecule has 0 saturated carbocycles. The number of carbonyl (C=O) groups excluding carboxylic acids is 1. The number of rotatable bonds is 5.